The SMILES string of the molecule is COc1ccc(NC(=O)O[C@H](c2ccc(OCCO)cc2)[C@@H](/C=C/C=C/C(=O)NO)OC)cc1. The van der Waals surface area contributed by atoms with Crippen LogP contribution in [-0.4, -0.2) is 55.9 Å². The molecule has 0 heterocycles. The molecule has 0 fully saturated rings. The van der Waals surface area contributed by atoms with Gasteiger partial charge in [-0.15, -0.1) is 0 Å². The van der Waals surface area contributed by atoms with Crippen molar-refractivity contribution in [3.05, 3.63) is 78.4 Å². The van der Waals surface area contributed by atoms with Gasteiger partial charge in [-0.1, -0.05) is 30.4 Å². The maximum absolute atomic E-state index is 12.6. The lowest BCUT2D eigenvalue weighted by molar-refractivity contribution is -0.124. The number of allylic oxidation sites excluding steroid dienone is 2. The number of aliphatic hydroxyl groups excluding tert-OH is 1. The molecule has 2 atom stereocenters. The molecular weight excluding hydrogens is 444 g/mol. The van der Waals surface area contributed by atoms with Gasteiger partial charge in [0.2, 0.25) is 0 Å². The average molecular weight is 472 g/mol. The summed E-state index contributed by atoms with van der Waals surface area (Å²) in [6.07, 6.45) is 3.36. The molecule has 0 saturated carbocycles. The normalized spacial score (nSPS) is 12.8. The standard InChI is InChI=1S/C24H28N2O8/c1-31-19-13-9-18(10-14-19)25-24(29)34-23(17-7-11-20(12-8-17)33-16-15-27)21(32-2)5-3-4-6-22(28)26-30/h3-14,21,23,27,30H,15-16H2,1-2H3,(H,25,29)(H,26,28)/b5-3+,6-4+/t21-,23-/m1/s1. The molecule has 10 heteroatoms. The summed E-state index contributed by atoms with van der Waals surface area (Å²) in [6.45, 7) is 0.0398. The molecule has 0 radical (unpaired) electrons. The van der Waals surface area contributed by atoms with Crippen molar-refractivity contribution in [3.63, 3.8) is 0 Å². The number of ether oxygens (including phenoxy) is 4. The van der Waals surface area contributed by atoms with Crippen molar-refractivity contribution in [2.45, 2.75) is 12.2 Å². The zero-order valence-corrected chi connectivity index (χ0v) is 18.8. The first kappa shape index (κ1) is 26.4. The lowest BCUT2D eigenvalue weighted by Gasteiger charge is -2.24. The highest BCUT2D eigenvalue weighted by molar-refractivity contribution is 5.86. The number of methoxy groups -OCH3 is 2. The van der Waals surface area contributed by atoms with Crippen LogP contribution >= 0.6 is 0 Å². The fourth-order valence-electron chi connectivity index (χ4n) is 2.84. The van der Waals surface area contributed by atoms with E-state index in [1.807, 2.05) is 0 Å². The van der Waals surface area contributed by atoms with Crippen LogP contribution in [0.2, 0.25) is 0 Å². The third-order valence-corrected chi connectivity index (χ3v) is 4.48. The first-order chi connectivity index (χ1) is 16.5. The van der Waals surface area contributed by atoms with Crippen molar-refractivity contribution in [1.82, 2.24) is 5.48 Å². The van der Waals surface area contributed by atoms with Crippen LogP contribution in [0.15, 0.2) is 72.8 Å². The second kappa shape index (κ2) is 14.3. The molecule has 0 bridgehead atoms. The van der Waals surface area contributed by atoms with Crippen LogP contribution in [-0.2, 0) is 14.3 Å². The minimum atomic E-state index is -0.855. The number of anilines is 1. The van der Waals surface area contributed by atoms with Crippen LogP contribution in [0.25, 0.3) is 0 Å². The van der Waals surface area contributed by atoms with Crippen molar-refractivity contribution in [3.8, 4) is 11.5 Å². The van der Waals surface area contributed by atoms with E-state index in [1.165, 1.54) is 24.7 Å². The summed E-state index contributed by atoms with van der Waals surface area (Å²) in [7, 11) is 3.00. The van der Waals surface area contributed by atoms with Crippen LogP contribution in [0.1, 0.15) is 11.7 Å². The minimum absolute atomic E-state index is 0.114. The summed E-state index contributed by atoms with van der Waals surface area (Å²) in [4.78, 5) is 23.8. The van der Waals surface area contributed by atoms with Gasteiger partial charge in [-0.25, -0.2) is 10.3 Å². The van der Waals surface area contributed by atoms with Crippen LogP contribution in [0.4, 0.5) is 10.5 Å². The molecule has 4 N–H and O–H groups in total. The summed E-state index contributed by atoms with van der Waals surface area (Å²) in [5.41, 5.74) is 2.62. The Morgan fingerprint density at radius 1 is 1.00 bits per heavy atom. The minimum Gasteiger partial charge on any atom is -0.497 e. The first-order valence-electron chi connectivity index (χ1n) is 10.3. The molecule has 182 valence electrons. The van der Waals surface area contributed by atoms with Gasteiger partial charge in [0.05, 0.1) is 13.7 Å². The van der Waals surface area contributed by atoms with Crippen LogP contribution in [0.5, 0.6) is 11.5 Å². The molecule has 0 aliphatic rings. The quantitative estimate of drug-likeness (QED) is 0.160. The average Bonchev–Trinajstić information content (AvgIpc) is 2.87. The molecule has 0 aliphatic carbocycles. The summed E-state index contributed by atoms with van der Waals surface area (Å²) in [5.74, 6) is 0.498. The molecule has 34 heavy (non-hydrogen) atoms. The van der Waals surface area contributed by atoms with Crippen molar-refractivity contribution in [2.75, 3.05) is 32.8 Å². The second-order valence-electron chi connectivity index (χ2n) is 6.74. The Kier molecular flexibility index (Phi) is 11.1. The van der Waals surface area contributed by atoms with E-state index in [0.717, 1.165) is 6.08 Å². The predicted octanol–water partition coefficient (Wildman–Crippen LogP) is 2.99. The van der Waals surface area contributed by atoms with Gasteiger partial charge in [-0.2, -0.15) is 0 Å². The van der Waals surface area contributed by atoms with Crippen molar-refractivity contribution >= 4 is 17.7 Å². The van der Waals surface area contributed by atoms with Gasteiger partial charge in [-0.3, -0.25) is 15.3 Å². The van der Waals surface area contributed by atoms with E-state index in [0.29, 0.717) is 22.7 Å². The van der Waals surface area contributed by atoms with E-state index in [4.69, 9.17) is 29.3 Å². The van der Waals surface area contributed by atoms with Gasteiger partial charge >= 0.3 is 6.09 Å². The van der Waals surface area contributed by atoms with E-state index >= 15 is 0 Å². The van der Waals surface area contributed by atoms with Gasteiger partial charge in [0.15, 0.2) is 6.10 Å². The number of carbonyl (C=O) groups is 2. The summed E-state index contributed by atoms with van der Waals surface area (Å²) >= 11 is 0. The molecular formula is C24H28N2O8. The third-order valence-electron chi connectivity index (χ3n) is 4.48. The Hall–Kier alpha value is -3.86. The molecule has 0 spiro atoms. The number of carbonyl (C=O) groups excluding carboxylic acids is 2. The molecule has 0 aromatic heterocycles. The maximum Gasteiger partial charge on any atom is 0.412 e. The number of nitrogens with one attached hydrogen (secondary N) is 2. The highest BCUT2D eigenvalue weighted by atomic mass is 16.6. The number of hydrogen-bond acceptors (Lipinski definition) is 8. The maximum atomic E-state index is 12.6. The second-order valence-corrected chi connectivity index (χ2v) is 6.74. The van der Waals surface area contributed by atoms with Crippen LogP contribution in [0.3, 0.4) is 0 Å². The van der Waals surface area contributed by atoms with Crippen molar-refractivity contribution in [1.29, 1.82) is 0 Å². The monoisotopic (exact) mass is 472 g/mol. The number of hydrogen-bond donors (Lipinski definition) is 4. The fourth-order valence-corrected chi connectivity index (χ4v) is 2.84. The Balaban J connectivity index is 2.22. The van der Waals surface area contributed by atoms with Gasteiger partial charge < -0.3 is 24.1 Å². The number of aliphatic hydroxyl groups is 1. The number of rotatable bonds is 12. The summed E-state index contributed by atoms with van der Waals surface area (Å²) < 4.78 is 21.7. The predicted molar refractivity (Wildman–Crippen MR) is 124 cm³/mol. The zero-order valence-electron chi connectivity index (χ0n) is 18.8. The Morgan fingerprint density at radius 3 is 2.26 bits per heavy atom. The van der Waals surface area contributed by atoms with E-state index in [1.54, 1.807) is 61.7 Å². The van der Waals surface area contributed by atoms with Crippen LogP contribution in [0, 0.1) is 0 Å². The molecule has 0 unspecified atom stereocenters. The Morgan fingerprint density at radius 2 is 1.68 bits per heavy atom. The molecule has 2 aromatic carbocycles. The topological polar surface area (TPSA) is 136 Å². The van der Waals surface area contributed by atoms with E-state index in [2.05, 4.69) is 5.32 Å². The van der Waals surface area contributed by atoms with Gasteiger partial charge in [0.25, 0.3) is 5.91 Å². The number of benzene rings is 2. The van der Waals surface area contributed by atoms with E-state index in [9.17, 15) is 9.59 Å². The largest absolute Gasteiger partial charge is 0.497 e. The number of hydroxylamine groups is 1. The Bertz CT molecular complexity index is 958. The molecule has 10 nitrogen and oxygen atoms in total. The number of amides is 2. The van der Waals surface area contributed by atoms with Crippen molar-refractivity contribution < 1.29 is 38.9 Å². The Labute approximate surface area is 197 Å². The highest BCUT2D eigenvalue weighted by Crippen LogP contribution is 2.27. The molecule has 0 aliphatic heterocycles. The lowest BCUT2D eigenvalue weighted by Crippen LogP contribution is -2.26. The van der Waals surface area contributed by atoms with Gasteiger partial charge in [-0.05, 0) is 42.0 Å². The zero-order chi connectivity index (χ0) is 24.8. The van der Waals surface area contributed by atoms with Gasteiger partial charge in [0.1, 0.15) is 24.2 Å². The molecule has 2 rings (SSSR count). The van der Waals surface area contributed by atoms with E-state index < -0.39 is 24.2 Å². The summed E-state index contributed by atoms with van der Waals surface area (Å²) in [5, 5.41) is 20.1. The van der Waals surface area contributed by atoms with E-state index in [-0.39, 0.29) is 13.2 Å². The fraction of sp³-hybridized carbons (Fsp3) is 0.250. The summed E-state index contributed by atoms with van der Waals surface area (Å²) in [6, 6.07) is 13.6. The van der Waals surface area contributed by atoms with Crippen molar-refractivity contribution in [2.24, 2.45) is 0 Å². The molecule has 2 amide bonds. The van der Waals surface area contributed by atoms with Crippen LogP contribution < -0.4 is 20.3 Å². The molecule has 2 aromatic rings. The smallest absolute Gasteiger partial charge is 0.412 e. The highest BCUT2D eigenvalue weighted by Gasteiger charge is 2.25. The lowest BCUT2D eigenvalue weighted by atomic mass is 10.0. The molecule has 0 saturated heterocycles. The van der Waals surface area contributed by atoms with Gasteiger partial charge in [0, 0.05) is 18.9 Å². The first-order valence-corrected chi connectivity index (χ1v) is 10.3. The third kappa shape index (κ3) is 8.58.